The Labute approximate surface area is 154 Å². The molecule has 0 saturated heterocycles. The third-order valence-electron chi connectivity index (χ3n) is 4.77. The zero-order chi connectivity index (χ0) is 19.6. The fourth-order valence-electron chi connectivity index (χ4n) is 3.32. The molecular weight excluding hydrogens is 359 g/mol. The van der Waals surface area contributed by atoms with Crippen molar-refractivity contribution in [2.45, 2.75) is 38.8 Å². The molecule has 1 aromatic heterocycles. The van der Waals surface area contributed by atoms with Crippen LogP contribution in [0, 0.1) is 12.8 Å². The van der Waals surface area contributed by atoms with E-state index in [1.54, 1.807) is 6.92 Å². The first kappa shape index (κ1) is 19.1. The number of aryl methyl sites for hydroxylation is 1. The summed E-state index contributed by atoms with van der Waals surface area (Å²) in [6.45, 7) is 2.02. The summed E-state index contributed by atoms with van der Waals surface area (Å²) in [7, 11) is 0. The van der Waals surface area contributed by atoms with Gasteiger partial charge in [0.05, 0.1) is 11.3 Å². The smallest absolute Gasteiger partial charge is 0.350 e. The molecule has 1 fully saturated rings. The first-order valence-corrected chi connectivity index (χ1v) is 8.82. The highest BCUT2D eigenvalue weighted by Gasteiger charge is 2.30. The van der Waals surface area contributed by atoms with Gasteiger partial charge in [0.1, 0.15) is 0 Å². The second-order valence-electron chi connectivity index (χ2n) is 6.82. The quantitative estimate of drug-likeness (QED) is 0.885. The van der Waals surface area contributed by atoms with E-state index in [4.69, 9.17) is 0 Å². The molecule has 3 rings (SSSR count). The normalized spacial score (nSPS) is 15.1. The minimum absolute atomic E-state index is 0.132. The number of halogens is 3. The molecule has 1 amide bonds. The highest BCUT2D eigenvalue weighted by Crippen LogP contribution is 2.30. The largest absolute Gasteiger partial charge is 0.416 e. The molecule has 27 heavy (non-hydrogen) atoms. The second kappa shape index (κ2) is 7.54. The Balaban J connectivity index is 1.90. The Morgan fingerprint density at radius 1 is 1.26 bits per heavy atom. The average molecular weight is 379 g/mol. The van der Waals surface area contributed by atoms with Crippen molar-refractivity contribution in [2.24, 2.45) is 5.92 Å². The number of nitrogens with one attached hydrogen (secondary N) is 1. The maximum Gasteiger partial charge on any atom is 0.416 e. The van der Waals surface area contributed by atoms with E-state index in [0.717, 1.165) is 37.8 Å². The molecular formula is C19H20F3N3O2. The molecule has 2 aromatic rings. The summed E-state index contributed by atoms with van der Waals surface area (Å²) in [5, 5.41) is 6.76. The van der Waals surface area contributed by atoms with Gasteiger partial charge >= 0.3 is 6.18 Å². The van der Waals surface area contributed by atoms with E-state index in [0.29, 0.717) is 18.2 Å². The predicted octanol–water partition coefficient (Wildman–Crippen LogP) is 3.48. The van der Waals surface area contributed by atoms with Crippen molar-refractivity contribution < 1.29 is 18.0 Å². The van der Waals surface area contributed by atoms with Crippen LogP contribution in [0.4, 0.5) is 13.2 Å². The first-order valence-electron chi connectivity index (χ1n) is 8.82. The van der Waals surface area contributed by atoms with Crippen molar-refractivity contribution >= 4 is 5.91 Å². The number of alkyl halides is 3. The lowest BCUT2D eigenvalue weighted by Gasteiger charge is -2.14. The lowest BCUT2D eigenvalue weighted by Crippen LogP contribution is -2.34. The van der Waals surface area contributed by atoms with Crippen LogP contribution in [0.1, 0.15) is 47.4 Å². The number of benzene rings is 1. The molecule has 0 atom stereocenters. The van der Waals surface area contributed by atoms with Crippen LogP contribution in [0.25, 0.3) is 5.69 Å². The Morgan fingerprint density at radius 3 is 2.63 bits per heavy atom. The van der Waals surface area contributed by atoms with Gasteiger partial charge in [-0.25, -0.2) is 4.68 Å². The number of amides is 1. The number of aromatic nitrogens is 2. The van der Waals surface area contributed by atoms with E-state index in [1.165, 1.54) is 22.9 Å². The lowest BCUT2D eigenvalue weighted by atomic mass is 10.1. The number of carbonyl (C=O) groups is 1. The molecule has 0 spiro atoms. The fraction of sp³-hybridized carbons (Fsp3) is 0.421. The lowest BCUT2D eigenvalue weighted by molar-refractivity contribution is -0.137. The van der Waals surface area contributed by atoms with E-state index >= 15 is 0 Å². The number of nitrogens with zero attached hydrogens (tertiary/aromatic N) is 2. The molecule has 0 bridgehead atoms. The van der Waals surface area contributed by atoms with E-state index in [2.05, 4.69) is 10.4 Å². The van der Waals surface area contributed by atoms with Crippen molar-refractivity contribution in [1.29, 1.82) is 0 Å². The molecule has 0 unspecified atom stereocenters. The Bertz CT molecular complexity index is 900. The number of hydrogen-bond acceptors (Lipinski definition) is 3. The van der Waals surface area contributed by atoms with E-state index in [-0.39, 0.29) is 11.4 Å². The summed E-state index contributed by atoms with van der Waals surface area (Å²) in [4.78, 5) is 24.5. The van der Waals surface area contributed by atoms with Crippen LogP contribution in [0.5, 0.6) is 0 Å². The molecule has 1 N–H and O–H groups in total. The van der Waals surface area contributed by atoms with Crippen molar-refractivity contribution in [3.63, 3.8) is 0 Å². The zero-order valence-electron chi connectivity index (χ0n) is 14.8. The van der Waals surface area contributed by atoms with E-state index in [1.807, 2.05) is 0 Å². The van der Waals surface area contributed by atoms with Crippen LogP contribution in [0.15, 0.2) is 35.1 Å². The van der Waals surface area contributed by atoms with Crippen LogP contribution < -0.4 is 10.7 Å². The highest BCUT2D eigenvalue weighted by atomic mass is 19.4. The standard InChI is InChI=1S/C19H20F3N3O2/c1-12-9-16(26)17(18(27)23-11-13-5-2-3-6-13)24-25(12)15-8-4-7-14(10-15)19(20,21)22/h4,7-10,13H,2-3,5-6,11H2,1H3,(H,23,27). The number of rotatable bonds is 4. The summed E-state index contributed by atoms with van der Waals surface area (Å²) < 4.78 is 40.1. The molecule has 0 aliphatic heterocycles. The Kier molecular flexibility index (Phi) is 5.34. The van der Waals surface area contributed by atoms with Gasteiger partial charge in [-0.05, 0) is 43.9 Å². The van der Waals surface area contributed by atoms with E-state index < -0.39 is 23.1 Å². The SMILES string of the molecule is Cc1cc(=O)c(C(=O)NCC2CCCC2)nn1-c1cccc(C(F)(F)F)c1. The van der Waals surface area contributed by atoms with Crippen LogP contribution in [-0.2, 0) is 6.18 Å². The molecule has 144 valence electrons. The van der Waals surface area contributed by atoms with Crippen molar-refractivity contribution in [3.05, 3.63) is 57.5 Å². The summed E-state index contributed by atoms with van der Waals surface area (Å²) in [5.74, 6) is -0.210. The van der Waals surface area contributed by atoms with Gasteiger partial charge in [-0.3, -0.25) is 9.59 Å². The molecule has 1 aromatic carbocycles. The molecule has 1 heterocycles. The average Bonchev–Trinajstić information content (AvgIpc) is 3.13. The van der Waals surface area contributed by atoms with Gasteiger partial charge in [-0.1, -0.05) is 18.9 Å². The van der Waals surface area contributed by atoms with Gasteiger partial charge in [0.15, 0.2) is 5.69 Å². The summed E-state index contributed by atoms with van der Waals surface area (Å²) >= 11 is 0. The number of hydrogen-bond donors (Lipinski definition) is 1. The summed E-state index contributed by atoms with van der Waals surface area (Å²) in [6, 6.07) is 5.80. The van der Waals surface area contributed by atoms with E-state index in [9.17, 15) is 22.8 Å². The zero-order valence-corrected chi connectivity index (χ0v) is 14.8. The van der Waals surface area contributed by atoms with Gasteiger partial charge in [0.2, 0.25) is 5.43 Å². The fourth-order valence-corrected chi connectivity index (χ4v) is 3.32. The van der Waals surface area contributed by atoms with Gasteiger partial charge in [0.25, 0.3) is 5.91 Å². The van der Waals surface area contributed by atoms with Crippen molar-refractivity contribution in [2.75, 3.05) is 6.54 Å². The second-order valence-corrected chi connectivity index (χ2v) is 6.82. The van der Waals surface area contributed by atoms with Crippen LogP contribution in [0.3, 0.4) is 0 Å². The number of carbonyl (C=O) groups excluding carboxylic acids is 1. The van der Waals surface area contributed by atoms with Gasteiger partial charge in [-0.15, -0.1) is 0 Å². The predicted molar refractivity (Wildman–Crippen MR) is 93.9 cm³/mol. The monoisotopic (exact) mass is 379 g/mol. The molecule has 8 heteroatoms. The topological polar surface area (TPSA) is 64.0 Å². The molecule has 1 saturated carbocycles. The highest BCUT2D eigenvalue weighted by molar-refractivity contribution is 5.92. The summed E-state index contributed by atoms with van der Waals surface area (Å²) in [6.07, 6.45) is -0.159. The van der Waals surface area contributed by atoms with Crippen molar-refractivity contribution in [3.8, 4) is 5.69 Å². The first-order chi connectivity index (χ1) is 12.8. The minimum atomic E-state index is -4.50. The molecule has 5 nitrogen and oxygen atoms in total. The maximum atomic E-state index is 13.0. The van der Waals surface area contributed by atoms with Gasteiger partial charge in [0, 0.05) is 18.3 Å². The molecule has 1 aliphatic carbocycles. The van der Waals surface area contributed by atoms with Crippen LogP contribution in [-0.4, -0.2) is 22.2 Å². The Morgan fingerprint density at radius 2 is 1.96 bits per heavy atom. The van der Waals surface area contributed by atoms with Gasteiger partial charge in [-0.2, -0.15) is 18.3 Å². The van der Waals surface area contributed by atoms with Crippen molar-refractivity contribution in [1.82, 2.24) is 15.1 Å². The van der Waals surface area contributed by atoms with Gasteiger partial charge < -0.3 is 5.32 Å². The Hall–Kier alpha value is -2.64. The maximum absolute atomic E-state index is 13.0. The van der Waals surface area contributed by atoms with Crippen LogP contribution in [0.2, 0.25) is 0 Å². The molecule has 0 radical (unpaired) electrons. The third kappa shape index (κ3) is 4.37. The van der Waals surface area contributed by atoms with Crippen LogP contribution >= 0.6 is 0 Å². The summed E-state index contributed by atoms with van der Waals surface area (Å²) in [5.41, 5.74) is -1.23. The minimum Gasteiger partial charge on any atom is -0.350 e. The third-order valence-corrected chi connectivity index (χ3v) is 4.77. The molecule has 1 aliphatic rings.